The van der Waals surface area contributed by atoms with E-state index in [2.05, 4.69) is 15.2 Å². The maximum absolute atomic E-state index is 12.6. The molecule has 2 fully saturated rings. The van der Waals surface area contributed by atoms with Gasteiger partial charge in [-0.1, -0.05) is 19.3 Å². The number of hydrogen-bond acceptors (Lipinski definition) is 6. The second-order valence-electron chi connectivity index (χ2n) is 7.46. The SMILES string of the molecule is O=C(Cc1csc(-c2ccco2)n1)NCC1(N2CCOCC2)CCCCC1. The summed E-state index contributed by atoms with van der Waals surface area (Å²) in [6.45, 7) is 4.25. The molecule has 0 spiro atoms. The molecule has 3 heterocycles. The van der Waals surface area contributed by atoms with Crippen LogP contribution in [0.3, 0.4) is 0 Å². The van der Waals surface area contributed by atoms with Crippen molar-refractivity contribution in [1.82, 2.24) is 15.2 Å². The first-order valence-electron chi connectivity index (χ1n) is 9.83. The summed E-state index contributed by atoms with van der Waals surface area (Å²) in [5.74, 6) is 0.796. The molecule has 2 aromatic rings. The van der Waals surface area contributed by atoms with Gasteiger partial charge in [0, 0.05) is 30.6 Å². The molecule has 1 amide bonds. The number of hydrogen-bond donors (Lipinski definition) is 1. The smallest absolute Gasteiger partial charge is 0.226 e. The molecule has 0 unspecified atom stereocenters. The van der Waals surface area contributed by atoms with Crippen molar-refractivity contribution in [3.8, 4) is 10.8 Å². The normalized spacial score (nSPS) is 20.4. The summed E-state index contributed by atoms with van der Waals surface area (Å²) < 4.78 is 10.9. The summed E-state index contributed by atoms with van der Waals surface area (Å²) in [5.41, 5.74) is 0.895. The van der Waals surface area contributed by atoms with Gasteiger partial charge in [0.1, 0.15) is 0 Å². The van der Waals surface area contributed by atoms with E-state index in [1.807, 2.05) is 17.5 Å². The first kappa shape index (κ1) is 18.7. The summed E-state index contributed by atoms with van der Waals surface area (Å²) >= 11 is 1.51. The van der Waals surface area contributed by atoms with Crippen LogP contribution in [-0.2, 0) is 16.0 Å². The lowest BCUT2D eigenvalue weighted by atomic mass is 9.79. The second kappa shape index (κ2) is 8.54. The molecule has 1 aliphatic carbocycles. The van der Waals surface area contributed by atoms with E-state index < -0.39 is 0 Å². The third-order valence-electron chi connectivity index (χ3n) is 5.71. The number of aromatic nitrogens is 1. The average Bonchev–Trinajstić information content (AvgIpc) is 3.40. The molecule has 1 saturated heterocycles. The lowest BCUT2D eigenvalue weighted by Gasteiger charge is -2.48. The van der Waals surface area contributed by atoms with Gasteiger partial charge in [0.25, 0.3) is 0 Å². The molecule has 4 rings (SSSR count). The fourth-order valence-corrected chi connectivity index (χ4v) is 5.03. The number of nitrogens with one attached hydrogen (secondary N) is 1. The monoisotopic (exact) mass is 389 g/mol. The van der Waals surface area contributed by atoms with Crippen LogP contribution in [-0.4, -0.2) is 54.2 Å². The minimum Gasteiger partial charge on any atom is -0.462 e. The Bertz CT molecular complexity index is 732. The summed E-state index contributed by atoms with van der Waals surface area (Å²) in [6.07, 6.45) is 8.06. The average molecular weight is 390 g/mol. The number of carbonyl (C=O) groups is 1. The Kier molecular flexibility index (Phi) is 5.90. The first-order valence-corrected chi connectivity index (χ1v) is 10.7. The van der Waals surface area contributed by atoms with Crippen molar-refractivity contribution >= 4 is 17.2 Å². The van der Waals surface area contributed by atoms with E-state index in [-0.39, 0.29) is 11.4 Å². The quantitative estimate of drug-likeness (QED) is 0.822. The van der Waals surface area contributed by atoms with Crippen LogP contribution in [0.1, 0.15) is 37.8 Å². The van der Waals surface area contributed by atoms with E-state index in [9.17, 15) is 4.79 Å². The molecule has 7 heteroatoms. The lowest BCUT2D eigenvalue weighted by Crippen LogP contribution is -2.59. The zero-order valence-corrected chi connectivity index (χ0v) is 16.4. The molecule has 2 aromatic heterocycles. The van der Waals surface area contributed by atoms with Crippen molar-refractivity contribution < 1.29 is 13.9 Å². The summed E-state index contributed by atoms with van der Waals surface area (Å²) in [5, 5.41) is 5.96. The third-order valence-corrected chi connectivity index (χ3v) is 6.61. The number of carbonyl (C=O) groups excluding carboxylic acids is 1. The Balaban J connectivity index is 1.35. The Morgan fingerprint density at radius 3 is 2.81 bits per heavy atom. The molecule has 27 heavy (non-hydrogen) atoms. The minimum absolute atomic E-state index is 0.0458. The minimum atomic E-state index is 0.0458. The van der Waals surface area contributed by atoms with Gasteiger partial charge in [0.05, 0.1) is 31.6 Å². The number of rotatable bonds is 6. The van der Waals surface area contributed by atoms with Crippen LogP contribution in [0.5, 0.6) is 0 Å². The number of nitrogens with zero attached hydrogens (tertiary/aromatic N) is 2. The van der Waals surface area contributed by atoms with Crippen LogP contribution < -0.4 is 5.32 Å². The molecule has 1 saturated carbocycles. The van der Waals surface area contributed by atoms with Crippen LogP contribution in [0.25, 0.3) is 10.8 Å². The van der Waals surface area contributed by atoms with Crippen LogP contribution in [0.4, 0.5) is 0 Å². The Hall–Kier alpha value is -1.70. The van der Waals surface area contributed by atoms with Gasteiger partial charge < -0.3 is 14.5 Å². The van der Waals surface area contributed by atoms with Gasteiger partial charge in [-0.25, -0.2) is 4.98 Å². The predicted molar refractivity (Wildman–Crippen MR) is 105 cm³/mol. The molecule has 1 N–H and O–H groups in total. The van der Waals surface area contributed by atoms with E-state index in [0.29, 0.717) is 6.42 Å². The van der Waals surface area contributed by atoms with E-state index in [0.717, 1.165) is 62.2 Å². The summed E-state index contributed by atoms with van der Waals surface area (Å²) in [6, 6.07) is 3.73. The van der Waals surface area contributed by atoms with Crippen molar-refractivity contribution in [3.63, 3.8) is 0 Å². The van der Waals surface area contributed by atoms with E-state index in [4.69, 9.17) is 9.15 Å². The van der Waals surface area contributed by atoms with Crippen LogP contribution in [0.15, 0.2) is 28.2 Å². The highest BCUT2D eigenvalue weighted by Gasteiger charge is 2.38. The number of furan rings is 1. The third kappa shape index (κ3) is 4.42. The molecule has 0 radical (unpaired) electrons. The van der Waals surface area contributed by atoms with Crippen molar-refractivity contribution in [2.45, 2.75) is 44.1 Å². The zero-order chi connectivity index (χ0) is 18.5. The molecular formula is C20H27N3O3S. The molecule has 0 aromatic carbocycles. The summed E-state index contributed by atoms with van der Waals surface area (Å²) in [4.78, 5) is 19.6. The molecule has 1 aliphatic heterocycles. The van der Waals surface area contributed by atoms with Crippen LogP contribution >= 0.6 is 11.3 Å². The number of thiazole rings is 1. The lowest BCUT2D eigenvalue weighted by molar-refractivity contribution is -0.121. The maximum atomic E-state index is 12.6. The molecule has 146 valence electrons. The number of ether oxygens (including phenoxy) is 1. The van der Waals surface area contributed by atoms with Crippen molar-refractivity contribution in [3.05, 3.63) is 29.5 Å². The largest absolute Gasteiger partial charge is 0.462 e. The molecule has 6 nitrogen and oxygen atoms in total. The number of morpholine rings is 1. The zero-order valence-electron chi connectivity index (χ0n) is 15.6. The topological polar surface area (TPSA) is 67.6 Å². The Morgan fingerprint density at radius 1 is 1.26 bits per heavy atom. The molecule has 0 atom stereocenters. The molecular weight excluding hydrogens is 362 g/mol. The fraction of sp³-hybridized carbons (Fsp3) is 0.600. The van der Waals surface area contributed by atoms with Crippen molar-refractivity contribution in [2.75, 3.05) is 32.8 Å². The highest BCUT2D eigenvalue weighted by molar-refractivity contribution is 7.13. The Labute approximate surface area is 163 Å². The molecule has 0 bridgehead atoms. The van der Waals surface area contributed by atoms with E-state index >= 15 is 0 Å². The second-order valence-corrected chi connectivity index (χ2v) is 8.32. The Morgan fingerprint density at radius 2 is 2.07 bits per heavy atom. The van der Waals surface area contributed by atoms with Crippen molar-refractivity contribution in [2.24, 2.45) is 0 Å². The van der Waals surface area contributed by atoms with Gasteiger partial charge in [-0.05, 0) is 25.0 Å². The van der Waals surface area contributed by atoms with Crippen molar-refractivity contribution in [1.29, 1.82) is 0 Å². The number of amides is 1. The standard InChI is InChI=1S/C20H27N3O3S/c24-18(13-16-14-27-19(22-16)17-5-4-10-26-17)21-15-20(6-2-1-3-7-20)23-8-11-25-12-9-23/h4-5,10,14H,1-3,6-9,11-13,15H2,(H,21,24). The first-order chi connectivity index (χ1) is 13.3. The van der Waals surface area contributed by atoms with Gasteiger partial charge in [0.15, 0.2) is 10.8 Å². The fourth-order valence-electron chi connectivity index (χ4n) is 4.24. The van der Waals surface area contributed by atoms with Crippen LogP contribution in [0.2, 0.25) is 0 Å². The van der Waals surface area contributed by atoms with Gasteiger partial charge in [-0.2, -0.15) is 0 Å². The maximum Gasteiger partial charge on any atom is 0.226 e. The van der Waals surface area contributed by atoms with E-state index in [1.165, 1.54) is 30.6 Å². The predicted octanol–water partition coefficient (Wildman–Crippen LogP) is 3.10. The van der Waals surface area contributed by atoms with Gasteiger partial charge in [-0.3, -0.25) is 9.69 Å². The van der Waals surface area contributed by atoms with Gasteiger partial charge in [-0.15, -0.1) is 11.3 Å². The van der Waals surface area contributed by atoms with Gasteiger partial charge in [0.2, 0.25) is 5.91 Å². The summed E-state index contributed by atoms with van der Waals surface area (Å²) in [7, 11) is 0. The van der Waals surface area contributed by atoms with E-state index in [1.54, 1.807) is 6.26 Å². The highest BCUT2D eigenvalue weighted by atomic mass is 32.1. The highest BCUT2D eigenvalue weighted by Crippen LogP contribution is 2.34. The van der Waals surface area contributed by atoms with Gasteiger partial charge >= 0.3 is 0 Å². The molecule has 2 aliphatic rings. The van der Waals surface area contributed by atoms with Crippen LogP contribution in [0, 0.1) is 0 Å².